The van der Waals surface area contributed by atoms with E-state index in [9.17, 15) is 0 Å². The van der Waals surface area contributed by atoms with Crippen LogP contribution in [0.4, 0.5) is 0 Å². The number of halogens is 1. The molecule has 0 atom stereocenters. The van der Waals surface area contributed by atoms with Crippen molar-refractivity contribution in [1.29, 1.82) is 0 Å². The quantitative estimate of drug-likeness (QED) is 0.610. The van der Waals surface area contributed by atoms with Crippen LogP contribution in [-0.4, -0.2) is 11.6 Å². The van der Waals surface area contributed by atoms with Crippen molar-refractivity contribution in [3.63, 3.8) is 0 Å². The highest BCUT2D eigenvalue weighted by molar-refractivity contribution is 9.10. The number of allylic oxidation sites excluding steroid dienone is 2. The summed E-state index contributed by atoms with van der Waals surface area (Å²) >= 11 is 5.49. The highest BCUT2D eigenvalue weighted by Crippen LogP contribution is 2.41. The fraction of sp³-hybridized carbons (Fsp3) is 0.562. The number of thiophene rings is 1. The zero-order valence-electron chi connectivity index (χ0n) is 13.0. The zero-order valence-corrected chi connectivity index (χ0v) is 15.4. The Morgan fingerprint density at radius 1 is 1.40 bits per heavy atom. The Morgan fingerprint density at radius 3 is 2.30 bits per heavy atom. The summed E-state index contributed by atoms with van der Waals surface area (Å²) in [6, 6.07) is 2.27. The van der Waals surface area contributed by atoms with E-state index >= 15 is 0 Å². The standard InChI is InChI=1S/C13H17BrS.C2H6.CH2O2/c1-9-11(14)8-12(15-9)10-4-6-13(2,3)7-5-10;1-2;2-1-3/h4,8H,5-7H2,1-3H3;1-2H3;1H,(H,2,3). The van der Waals surface area contributed by atoms with Gasteiger partial charge in [0.1, 0.15) is 0 Å². The van der Waals surface area contributed by atoms with Crippen molar-refractivity contribution >= 4 is 39.3 Å². The first kappa shape index (κ1) is 19.4. The largest absolute Gasteiger partial charge is 0.483 e. The van der Waals surface area contributed by atoms with Gasteiger partial charge in [-0.15, -0.1) is 11.3 Å². The molecule has 0 saturated carbocycles. The van der Waals surface area contributed by atoms with Crippen LogP contribution in [0.25, 0.3) is 5.57 Å². The van der Waals surface area contributed by atoms with Crippen molar-refractivity contribution in [2.75, 3.05) is 0 Å². The molecule has 1 N–H and O–H groups in total. The van der Waals surface area contributed by atoms with Crippen LogP contribution in [0.3, 0.4) is 0 Å². The summed E-state index contributed by atoms with van der Waals surface area (Å²) in [6.45, 7) is 10.6. The van der Waals surface area contributed by atoms with Gasteiger partial charge in [-0.3, -0.25) is 4.79 Å². The van der Waals surface area contributed by atoms with Gasteiger partial charge in [0.15, 0.2) is 0 Å². The maximum absolute atomic E-state index is 8.36. The molecule has 0 aromatic carbocycles. The van der Waals surface area contributed by atoms with Crippen LogP contribution in [0.2, 0.25) is 0 Å². The summed E-state index contributed by atoms with van der Waals surface area (Å²) < 4.78 is 1.26. The Labute approximate surface area is 135 Å². The molecule has 1 aliphatic rings. The van der Waals surface area contributed by atoms with Crippen molar-refractivity contribution < 1.29 is 9.90 Å². The molecular weight excluding hydrogens is 336 g/mol. The summed E-state index contributed by atoms with van der Waals surface area (Å²) in [4.78, 5) is 11.2. The van der Waals surface area contributed by atoms with Crippen LogP contribution >= 0.6 is 27.3 Å². The Hall–Kier alpha value is -0.610. The molecule has 0 aliphatic heterocycles. The molecule has 2 nitrogen and oxygen atoms in total. The molecule has 1 heterocycles. The van der Waals surface area contributed by atoms with E-state index in [1.165, 1.54) is 33.5 Å². The van der Waals surface area contributed by atoms with Gasteiger partial charge < -0.3 is 5.11 Å². The van der Waals surface area contributed by atoms with Gasteiger partial charge in [0.2, 0.25) is 0 Å². The van der Waals surface area contributed by atoms with Crippen LogP contribution in [0, 0.1) is 12.3 Å². The second-order valence-corrected chi connectivity index (χ2v) is 7.33. The summed E-state index contributed by atoms with van der Waals surface area (Å²) in [7, 11) is 0. The summed E-state index contributed by atoms with van der Waals surface area (Å²) in [5, 5.41) is 6.89. The number of carbonyl (C=O) groups is 1. The van der Waals surface area contributed by atoms with Crippen molar-refractivity contribution in [3.05, 3.63) is 26.4 Å². The molecule has 0 amide bonds. The van der Waals surface area contributed by atoms with Gasteiger partial charge in [-0.25, -0.2) is 0 Å². The lowest BCUT2D eigenvalue weighted by Gasteiger charge is -2.28. The molecule has 0 bridgehead atoms. The molecule has 20 heavy (non-hydrogen) atoms. The molecule has 114 valence electrons. The van der Waals surface area contributed by atoms with Gasteiger partial charge in [-0.2, -0.15) is 0 Å². The Morgan fingerprint density at radius 2 is 1.95 bits per heavy atom. The number of carboxylic acid groups (broad SMARTS) is 1. The molecule has 0 fully saturated rings. The van der Waals surface area contributed by atoms with E-state index in [1.54, 1.807) is 5.57 Å². The number of hydrogen-bond donors (Lipinski definition) is 1. The lowest BCUT2D eigenvalue weighted by atomic mass is 9.78. The fourth-order valence-electron chi connectivity index (χ4n) is 1.92. The Kier molecular flexibility index (Phi) is 9.06. The second-order valence-electron chi connectivity index (χ2n) is 5.22. The molecule has 0 unspecified atom stereocenters. The van der Waals surface area contributed by atoms with E-state index in [0.29, 0.717) is 5.41 Å². The predicted molar refractivity (Wildman–Crippen MR) is 92.4 cm³/mol. The second kappa shape index (κ2) is 9.35. The minimum Gasteiger partial charge on any atom is -0.483 e. The van der Waals surface area contributed by atoms with E-state index in [0.717, 1.165) is 0 Å². The zero-order chi connectivity index (χ0) is 15.8. The number of hydrogen-bond acceptors (Lipinski definition) is 2. The molecule has 0 saturated heterocycles. The lowest BCUT2D eigenvalue weighted by molar-refractivity contribution is -0.122. The van der Waals surface area contributed by atoms with Gasteiger partial charge in [0, 0.05) is 14.2 Å². The Bertz CT molecular complexity index is 428. The number of rotatable bonds is 1. The Balaban J connectivity index is 0.000000641. The summed E-state index contributed by atoms with van der Waals surface area (Å²) in [6.07, 6.45) is 6.20. The average Bonchev–Trinajstić information content (AvgIpc) is 2.73. The van der Waals surface area contributed by atoms with Gasteiger partial charge in [-0.05, 0) is 59.2 Å². The van der Waals surface area contributed by atoms with Crippen molar-refractivity contribution in [2.24, 2.45) is 5.41 Å². The normalized spacial score (nSPS) is 16.0. The molecule has 4 heteroatoms. The third-order valence-electron chi connectivity index (χ3n) is 3.15. The van der Waals surface area contributed by atoms with Crippen LogP contribution in [0.15, 0.2) is 16.6 Å². The third kappa shape index (κ3) is 6.23. The highest BCUT2D eigenvalue weighted by atomic mass is 79.9. The molecule has 1 aromatic heterocycles. The van der Waals surface area contributed by atoms with Crippen LogP contribution in [0.5, 0.6) is 0 Å². The minimum atomic E-state index is -0.250. The van der Waals surface area contributed by atoms with E-state index in [1.807, 2.05) is 25.2 Å². The van der Waals surface area contributed by atoms with Crippen molar-refractivity contribution in [2.45, 2.75) is 53.9 Å². The molecule has 1 aliphatic carbocycles. The number of aryl methyl sites for hydroxylation is 1. The first-order valence-corrected chi connectivity index (χ1v) is 8.54. The summed E-state index contributed by atoms with van der Waals surface area (Å²) in [5.41, 5.74) is 2.06. The minimum absolute atomic E-state index is 0.250. The highest BCUT2D eigenvalue weighted by Gasteiger charge is 2.22. The van der Waals surface area contributed by atoms with Crippen LogP contribution in [0.1, 0.15) is 56.7 Å². The monoisotopic (exact) mass is 360 g/mol. The predicted octanol–water partition coefficient (Wildman–Crippen LogP) is 6.14. The first-order valence-electron chi connectivity index (χ1n) is 6.93. The first-order chi connectivity index (χ1) is 9.39. The molecular formula is C16H25BrO2S. The third-order valence-corrected chi connectivity index (χ3v) is 5.36. The van der Waals surface area contributed by atoms with E-state index < -0.39 is 0 Å². The molecule has 1 aromatic rings. The van der Waals surface area contributed by atoms with Crippen molar-refractivity contribution in [3.8, 4) is 0 Å². The van der Waals surface area contributed by atoms with Gasteiger partial charge in [-0.1, -0.05) is 33.8 Å². The average molecular weight is 361 g/mol. The van der Waals surface area contributed by atoms with Crippen LogP contribution in [-0.2, 0) is 4.79 Å². The van der Waals surface area contributed by atoms with Crippen LogP contribution < -0.4 is 0 Å². The van der Waals surface area contributed by atoms with Gasteiger partial charge >= 0.3 is 0 Å². The fourth-order valence-corrected chi connectivity index (χ4v) is 3.52. The smallest absolute Gasteiger partial charge is 0.290 e. The molecule has 0 spiro atoms. The van der Waals surface area contributed by atoms with Crippen molar-refractivity contribution in [1.82, 2.24) is 0 Å². The van der Waals surface area contributed by atoms with E-state index in [4.69, 9.17) is 9.90 Å². The maximum atomic E-state index is 8.36. The van der Waals surface area contributed by atoms with Gasteiger partial charge in [0.25, 0.3) is 6.47 Å². The van der Waals surface area contributed by atoms with Gasteiger partial charge in [0.05, 0.1) is 0 Å². The van der Waals surface area contributed by atoms with E-state index in [2.05, 4.69) is 48.8 Å². The SMILES string of the molecule is CC.Cc1sc(C2=CCC(C)(C)CC2)cc1Br.O=CO. The topological polar surface area (TPSA) is 37.3 Å². The maximum Gasteiger partial charge on any atom is 0.290 e. The summed E-state index contributed by atoms with van der Waals surface area (Å²) in [5.74, 6) is 0. The van der Waals surface area contributed by atoms with E-state index in [-0.39, 0.29) is 6.47 Å². The molecule has 0 radical (unpaired) electrons. The molecule has 2 rings (SSSR count). The lowest BCUT2D eigenvalue weighted by Crippen LogP contribution is -2.13.